The van der Waals surface area contributed by atoms with Crippen LogP contribution in [0.3, 0.4) is 0 Å². The molecule has 0 heterocycles. The van der Waals surface area contributed by atoms with Crippen molar-refractivity contribution in [1.29, 1.82) is 5.26 Å². The van der Waals surface area contributed by atoms with Gasteiger partial charge in [-0.05, 0) is 71.1 Å². The molecule has 1 atom stereocenters. The molecule has 0 aromatic heterocycles. The second-order valence-corrected chi connectivity index (χ2v) is 7.93. The molecule has 1 fully saturated rings. The van der Waals surface area contributed by atoms with Gasteiger partial charge in [-0.3, -0.25) is 5.32 Å². The Morgan fingerprint density at radius 2 is 1.90 bits per heavy atom. The zero-order valence-electron chi connectivity index (χ0n) is 14.7. The minimum absolute atomic E-state index is 0.344. The van der Waals surface area contributed by atoms with Crippen LogP contribution in [-0.4, -0.2) is 24.3 Å². The summed E-state index contributed by atoms with van der Waals surface area (Å²) in [4.78, 5) is 0. The number of nitrogens with one attached hydrogen (secondary N) is 1. The van der Waals surface area contributed by atoms with E-state index in [-0.39, 0.29) is 0 Å². The molecule has 0 saturated heterocycles. The number of nitriles is 1. The van der Waals surface area contributed by atoms with E-state index in [0.29, 0.717) is 17.6 Å². The fraction of sp³-hybridized carbons (Fsp3) is 0.944. The van der Waals surface area contributed by atoms with Crippen LogP contribution in [0.15, 0.2) is 0 Å². The minimum atomic E-state index is -0.400. The minimum Gasteiger partial charge on any atom is -0.378 e. The van der Waals surface area contributed by atoms with Gasteiger partial charge in [0, 0.05) is 12.6 Å². The fourth-order valence-electron chi connectivity index (χ4n) is 3.17. The molecule has 1 saturated carbocycles. The van der Waals surface area contributed by atoms with Crippen LogP contribution in [0, 0.1) is 16.7 Å². The molecular formula is C18H34N2O. The zero-order valence-corrected chi connectivity index (χ0v) is 14.7. The highest BCUT2D eigenvalue weighted by molar-refractivity contribution is 5.04. The molecule has 0 amide bonds. The van der Waals surface area contributed by atoms with Crippen LogP contribution >= 0.6 is 0 Å². The van der Waals surface area contributed by atoms with Gasteiger partial charge in [-0.15, -0.1) is 0 Å². The van der Waals surface area contributed by atoms with Crippen LogP contribution in [-0.2, 0) is 4.74 Å². The lowest BCUT2D eigenvalue weighted by Crippen LogP contribution is -2.44. The average Bonchev–Trinajstić information content (AvgIpc) is 2.39. The summed E-state index contributed by atoms with van der Waals surface area (Å²) in [6.45, 7) is 11.7. The van der Waals surface area contributed by atoms with E-state index in [0.717, 1.165) is 25.9 Å². The van der Waals surface area contributed by atoms with E-state index in [4.69, 9.17) is 4.74 Å². The van der Waals surface area contributed by atoms with Gasteiger partial charge in [-0.1, -0.05) is 13.8 Å². The molecule has 1 N–H and O–H groups in total. The van der Waals surface area contributed by atoms with Crippen molar-refractivity contribution in [3.05, 3.63) is 0 Å². The number of nitrogens with zero attached hydrogens (tertiary/aromatic N) is 1. The molecule has 1 unspecified atom stereocenters. The maximum absolute atomic E-state index is 9.30. The van der Waals surface area contributed by atoms with Gasteiger partial charge in [0.05, 0.1) is 12.2 Å². The SMILES string of the molecule is CC(C)NC(C)(C#N)CCCCOC1CCC(C)(C)CC1. The van der Waals surface area contributed by atoms with E-state index in [1.54, 1.807) is 0 Å². The third kappa shape index (κ3) is 7.29. The molecule has 1 rings (SSSR count). The van der Waals surface area contributed by atoms with Gasteiger partial charge in [-0.2, -0.15) is 5.26 Å². The van der Waals surface area contributed by atoms with Crippen LogP contribution in [0.2, 0.25) is 0 Å². The Labute approximate surface area is 131 Å². The van der Waals surface area contributed by atoms with Crippen LogP contribution in [0.5, 0.6) is 0 Å². The molecule has 0 spiro atoms. The first kappa shape index (κ1) is 18.5. The third-order valence-electron chi connectivity index (χ3n) is 4.56. The van der Waals surface area contributed by atoms with Crippen LogP contribution in [0.1, 0.15) is 79.6 Å². The van der Waals surface area contributed by atoms with Crippen molar-refractivity contribution < 1.29 is 4.74 Å². The summed E-state index contributed by atoms with van der Waals surface area (Å²) in [5.74, 6) is 0. The molecular weight excluding hydrogens is 260 g/mol. The van der Waals surface area contributed by atoms with Gasteiger partial charge in [0.2, 0.25) is 0 Å². The second kappa shape index (κ2) is 8.15. The van der Waals surface area contributed by atoms with E-state index in [1.165, 1.54) is 25.7 Å². The molecule has 3 heteroatoms. The highest BCUT2D eigenvalue weighted by Crippen LogP contribution is 2.36. The molecule has 1 aliphatic rings. The van der Waals surface area contributed by atoms with Crippen LogP contribution < -0.4 is 5.32 Å². The first-order chi connectivity index (χ1) is 9.76. The van der Waals surface area contributed by atoms with Gasteiger partial charge in [-0.25, -0.2) is 0 Å². The first-order valence-electron chi connectivity index (χ1n) is 8.57. The number of hydrogen-bond donors (Lipinski definition) is 1. The topological polar surface area (TPSA) is 45.0 Å². The summed E-state index contributed by atoms with van der Waals surface area (Å²) in [6, 6.07) is 2.75. The van der Waals surface area contributed by atoms with Crippen molar-refractivity contribution in [3.63, 3.8) is 0 Å². The van der Waals surface area contributed by atoms with Crippen molar-refractivity contribution in [2.75, 3.05) is 6.61 Å². The Hall–Kier alpha value is -0.590. The summed E-state index contributed by atoms with van der Waals surface area (Å²) in [7, 11) is 0. The number of unbranched alkanes of at least 4 members (excludes halogenated alkanes) is 1. The molecule has 0 radical (unpaired) electrons. The Morgan fingerprint density at radius 3 is 2.43 bits per heavy atom. The molecule has 122 valence electrons. The Balaban J connectivity index is 2.13. The van der Waals surface area contributed by atoms with Crippen LogP contribution in [0.25, 0.3) is 0 Å². The molecule has 3 nitrogen and oxygen atoms in total. The second-order valence-electron chi connectivity index (χ2n) is 7.93. The predicted molar refractivity (Wildman–Crippen MR) is 88.1 cm³/mol. The fourth-order valence-corrected chi connectivity index (χ4v) is 3.17. The quantitative estimate of drug-likeness (QED) is 0.674. The van der Waals surface area contributed by atoms with E-state index in [2.05, 4.69) is 39.1 Å². The Morgan fingerprint density at radius 1 is 1.29 bits per heavy atom. The standard InChI is InChI=1S/C18H34N2O/c1-15(2)20-18(5,14-19)10-6-7-13-21-16-8-11-17(3,4)12-9-16/h15-16,20H,6-13H2,1-5H3. The Kier molecular flexibility index (Phi) is 7.16. The average molecular weight is 294 g/mol. The zero-order chi connectivity index (χ0) is 15.9. The summed E-state index contributed by atoms with van der Waals surface area (Å²) >= 11 is 0. The largest absolute Gasteiger partial charge is 0.378 e. The summed E-state index contributed by atoms with van der Waals surface area (Å²) in [5, 5.41) is 12.7. The molecule has 0 aromatic carbocycles. The maximum atomic E-state index is 9.30. The molecule has 0 aromatic rings. The van der Waals surface area contributed by atoms with Crippen molar-refractivity contribution in [3.8, 4) is 6.07 Å². The summed E-state index contributed by atoms with van der Waals surface area (Å²) in [6.07, 6.45) is 8.43. The lowest BCUT2D eigenvalue weighted by molar-refractivity contribution is 0.00244. The van der Waals surface area contributed by atoms with E-state index < -0.39 is 5.54 Å². The molecule has 0 bridgehead atoms. The van der Waals surface area contributed by atoms with Gasteiger partial charge in [0.1, 0.15) is 5.54 Å². The molecule has 0 aliphatic heterocycles. The van der Waals surface area contributed by atoms with Crippen molar-refractivity contribution in [2.24, 2.45) is 5.41 Å². The highest BCUT2D eigenvalue weighted by atomic mass is 16.5. The van der Waals surface area contributed by atoms with E-state index in [1.807, 2.05) is 6.92 Å². The smallest absolute Gasteiger partial charge is 0.104 e. The van der Waals surface area contributed by atoms with Crippen molar-refractivity contribution in [1.82, 2.24) is 5.32 Å². The van der Waals surface area contributed by atoms with Gasteiger partial charge < -0.3 is 4.74 Å². The van der Waals surface area contributed by atoms with Crippen molar-refractivity contribution >= 4 is 0 Å². The Bertz CT molecular complexity index is 336. The summed E-state index contributed by atoms with van der Waals surface area (Å²) < 4.78 is 6.00. The monoisotopic (exact) mass is 294 g/mol. The number of hydrogen-bond acceptors (Lipinski definition) is 3. The van der Waals surface area contributed by atoms with E-state index >= 15 is 0 Å². The normalized spacial score (nSPS) is 22.0. The van der Waals surface area contributed by atoms with Crippen molar-refractivity contribution in [2.45, 2.75) is 97.2 Å². The molecule has 21 heavy (non-hydrogen) atoms. The van der Waals surface area contributed by atoms with Crippen LogP contribution in [0.4, 0.5) is 0 Å². The summed E-state index contributed by atoms with van der Waals surface area (Å²) in [5.41, 5.74) is 0.111. The molecule has 1 aliphatic carbocycles. The number of ether oxygens (including phenoxy) is 1. The highest BCUT2D eigenvalue weighted by Gasteiger charge is 2.27. The third-order valence-corrected chi connectivity index (χ3v) is 4.56. The maximum Gasteiger partial charge on any atom is 0.104 e. The number of rotatable bonds is 8. The lowest BCUT2D eigenvalue weighted by atomic mass is 9.76. The van der Waals surface area contributed by atoms with Gasteiger partial charge in [0.25, 0.3) is 0 Å². The van der Waals surface area contributed by atoms with E-state index in [9.17, 15) is 5.26 Å². The van der Waals surface area contributed by atoms with Gasteiger partial charge in [0.15, 0.2) is 0 Å². The van der Waals surface area contributed by atoms with Gasteiger partial charge >= 0.3 is 0 Å². The predicted octanol–water partition coefficient (Wildman–Crippen LogP) is 4.42. The lowest BCUT2D eigenvalue weighted by Gasteiger charge is -2.34. The first-order valence-corrected chi connectivity index (χ1v) is 8.57.